The van der Waals surface area contributed by atoms with E-state index in [0.29, 0.717) is 11.6 Å². The Hall–Kier alpha value is -2.93. The van der Waals surface area contributed by atoms with Gasteiger partial charge in [-0.1, -0.05) is 6.08 Å². The molecule has 0 radical (unpaired) electrons. The van der Waals surface area contributed by atoms with Gasteiger partial charge >= 0.3 is 0 Å². The average Bonchev–Trinajstić information content (AvgIpc) is 3.03. The molecule has 1 aliphatic carbocycles. The highest BCUT2D eigenvalue weighted by atomic mass is 16.5. The van der Waals surface area contributed by atoms with Gasteiger partial charge in [-0.25, -0.2) is 19.9 Å². The Morgan fingerprint density at radius 3 is 2.83 bits per heavy atom. The van der Waals surface area contributed by atoms with Crippen molar-refractivity contribution in [2.24, 2.45) is 13.0 Å². The van der Waals surface area contributed by atoms with Crippen LogP contribution in [0.25, 0.3) is 16.7 Å². The van der Waals surface area contributed by atoms with Crippen LogP contribution < -0.4 is 0 Å². The van der Waals surface area contributed by atoms with Crippen LogP contribution in [0.3, 0.4) is 0 Å². The second-order valence-electron chi connectivity index (χ2n) is 7.55. The fraction of sp³-hybridized carbons (Fsp3) is 0.409. The number of hydrogen-bond donors (Lipinski definition) is 0. The number of ether oxygens (including phenoxy) is 1. The summed E-state index contributed by atoms with van der Waals surface area (Å²) in [5.74, 6) is 2.22. The fourth-order valence-corrected chi connectivity index (χ4v) is 3.85. The van der Waals surface area contributed by atoms with Crippen LogP contribution >= 0.6 is 0 Å². The SMILES string of the molecule is COCC(=O)c1ccc2nc(CC3CC=C(c4ccnc(C)n4)CC3)n(C)c2n1. The van der Waals surface area contributed by atoms with Crippen molar-refractivity contribution >= 4 is 22.5 Å². The van der Waals surface area contributed by atoms with E-state index in [0.717, 1.165) is 54.2 Å². The Morgan fingerprint density at radius 2 is 2.10 bits per heavy atom. The number of allylic oxidation sites excluding steroid dienone is 2. The van der Waals surface area contributed by atoms with Crippen LogP contribution in [0, 0.1) is 12.8 Å². The number of ketones is 1. The monoisotopic (exact) mass is 391 g/mol. The number of fused-ring (bicyclic) bond motifs is 1. The summed E-state index contributed by atoms with van der Waals surface area (Å²) in [6.07, 6.45) is 8.14. The zero-order chi connectivity index (χ0) is 20.4. The van der Waals surface area contributed by atoms with Crippen molar-refractivity contribution in [1.82, 2.24) is 24.5 Å². The molecule has 0 fully saturated rings. The van der Waals surface area contributed by atoms with Gasteiger partial charge in [0.15, 0.2) is 5.65 Å². The number of hydrogen-bond acceptors (Lipinski definition) is 6. The van der Waals surface area contributed by atoms with Gasteiger partial charge in [0.05, 0.1) is 5.69 Å². The van der Waals surface area contributed by atoms with E-state index in [9.17, 15) is 4.79 Å². The minimum Gasteiger partial charge on any atom is -0.376 e. The highest BCUT2D eigenvalue weighted by molar-refractivity contribution is 5.96. The van der Waals surface area contributed by atoms with Crippen molar-refractivity contribution < 1.29 is 9.53 Å². The summed E-state index contributed by atoms with van der Waals surface area (Å²) in [5.41, 5.74) is 4.32. The standard InChI is InChI=1S/C22H25N5O2/c1-14-23-11-10-17(24-14)16-6-4-15(5-7-16)12-21-25-19-9-8-18(20(28)13-29-3)26-22(19)27(21)2/h6,8-11,15H,4-5,7,12-13H2,1-3H3. The first-order valence-electron chi connectivity index (χ1n) is 9.88. The fourth-order valence-electron chi connectivity index (χ4n) is 3.85. The number of pyridine rings is 1. The molecule has 1 aliphatic rings. The van der Waals surface area contributed by atoms with Crippen LogP contribution in [0.5, 0.6) is 0 Å². The van der Waals surface area contributed by atoms with Crippen molar-refractivity contribution in [2.45, 2.75) is 32.6 Å². The minimum absolute atomic E-state index is 0.0335. The molecule has 7 nitrogen and oxygen atoms in total. The van der Waals surface area contributed by atoms with Crippen molar-refractivity contribution in [3.05, 3.63) is 53.5 Å². The third kappa shape index (κ3) is 4.10. The molecule has 0 spiro atoms. The van der Waals surface area contributed by atoms with Gasteiger partial charge < -0.3 is 9.30 Å². The maximum absolute atomic E-state index is 12.1. The largest absolute Gasteiger partial charge is 0.376 e. The van der Waals surface area contributed by atoms with Gasteiger partial charge in [0.1, 0.15) is 29.5 Å². The van der Waals surface area contributed by atoms with Crippen molar-refractivity contribution in [2.75, 3.05) is 13.7 Å². The molecule has 3 heterocycles. The summed E-state index contributed by atoms with van der Waals surface area (Å²) in [5, 5.41) is 0. The number of rotatable bonds is 6. The van der Waals surface area contributed by atoms with Gasteiger partial charge in [-0.2, -0.15) is 0 Å². The second kappa shape index (κ2) is 8.21. The van der Waals surface area contributed by atoms with Crippen molar-refractivity contribution in [1.29, 1.82) is 0 Å². The molecule has 7 heteroatoms. The topological polar surface area (TPSA) is 82.8 Å². The quantitative estimate of drug-likeness (QED) is 0.600. The molecule has 0 aliphatic heterocycles. The summed E-state index contributed by atoms with van der Waals surface area (Å²) < 4.78 is 6.93. The Kier molecular flexibility index (Phi) is 5.49. The van der Waals surface area contributed by atoms with Crippen LogP contribution in [-0.4, -0.2) is 44.0 Å². The molecule has 0 aromatic carbocycles. The molecule has 3 aromatic heterocycles. The van der Waals surface area contributed by atoms with Crippen molar-refractivity contribution in [3.63, 3.8) is 0 Å². The summed E-state index contributed by atoms with van der Waals surface area (Å²) in [7, 11) is 3.48. The number of methoxy groups -OCH3 is 1. The first-order valence-corrected chi connectivity index (χ1v) is 9.88. The van der Waals surface area contributed by atoms with Gasteiger partial charge in [-0.05, 0) is 55.9 Å². The lowest BCUT2D eigenvalue weighted by Gasteiger charge is -2.21. The lowest BCUT2D eigenvalue weighted by atomic mass is 9.86. The Labute approximate surface area is 169 Å². The first kappa shape index (κ1) is 19.4. The summed E-state index contributed by atoms with van der Waals surface area (Å²) in [6.45, 7) is 1.95. The van der Waals surface area contributed by atoms with Crippen LogP contribution in [-0.2, 0) is 18.2 Å². The Morgan fingerprint density at radius 1 is 1.24 bits per heavy atom. The van der Waals surface area contributed by atoms with Gasteiger partial charge in [0.2, 0.25) is 5.78 Å². The van der Waals surface area contributed by atoms with Gasteiger partial charge in [0.25, 0.3) is 0 Å². The smallest absolute Gasteiger partial charge is 0.206 e. The maximum Gasteiger partial charge on any atom is 0.206 e. The normalized spacial score (nSPS) is 16.8. The third-order valence-corrected chi connectivity index (χ3v) is 5.47. The van der Waals surface area contributed by atoms with Crippen molar-refractivity contribution in [3.8, 4) is 0 Å². The molecule has 0 saturated heterocycles. The molecule has 0 amide bonds. The Bertz CT molecular complexity index is 1090. The highest BCUT2D eigenvalue weighted by Gasteiger charge is 2.20. The summed E-state index contributed by atoms with van der Waals surface area (Å²) in [6, 6.07) is 5.57. The molecular formula is C22H25N5O2. The van der Waals surface area contributed by atoms with Crippen LogP contribution in [0.4, 0.5) is 0 Å². The lowest BCUT2D eigenvalue weighted by Crippen LogP contribution is -2.12. The maximum atomic E-state index is 12.1. The van der Waals surface area contributed by atoms with E-state index in [-0.39, 0.29) is 12.4 Å². The van der Waals surface area contributed by atoms with E-state index in [1.165, 1.54) is 12.7 Å². The predicted octanol–water partition coefficient (Wildman–Crippen LogP) is 3.32. The zero-order valence-electron chi connectivity index (χ0n) is 17.1. The minimum atomic E-state index is -0.123. The summed E-state index contributed by atoms with van der Waals surface area (Å²) >= 11 is 0. The van der Waals surface area contributed by atoms with Gasteiger partial charge in [0, 0.05) is 26.8 Å². The van der Waals surface area contributed by atoms with E-state index in [2.05, 4.69) is 21.0 Å². The summed E-state index contributed by atoms with van der Waals surface area (Å²) in [4.78, 5) is 30.1. The number of nitrogens with zero attached hydrogens (tertiary/aromatic N) is 5. The van der Waals surface area contributed by atoms with E-state index in [4.69, 9.17) is 9.72 Å². The highest BCUT2D eigenvalue weighted by Crippen LogP contribution is 2.31. The molecule has 1 unspecified atom stereocenters. The van der Waals surface area contributed by atoms with Crippen LogP contribution in [0.2, 0.25) is 0 Å². The van der Waals surface area contributed by atoms with Crippen LogP contribution in [0.15, 0.2) is 30.5 Å². The first-order chi connectivity index (χ1) is 14.0. The molecule has 29 heavy (non-hydrogen) atoms. The van der Waals surface area contributed by atoms with E-state index >= 15 is 0 Å². The number of aromatic nitrogens is 5. The Balaban J connectivity index is 1.50. The molecule has 3 aromatic rings. The molecule has 4 rings (SSSR count). The van der Waals surface area contributed by atoms with E-state index < -0.39 is 0 Å². The molecule has 1 atom stereocenters. The number of carbonyl (C=O) groups is 1. The van der Waals surface area contributed by atoms with Gasteiger partial charge in [-0.3, -0.25) is 4.79 Å². The molecule has 0 N–H and O–H groups in total. The molecular weight excluding hydrogens is 366 g/mol. The molecule has 150 valence electrons. The van der Waals surface area contributed by atoms with E-state index in [1.807, 2.05) is 36.9 Å². The zero-order valence-corrected chi connectivity index (χ0v) is 17.1. The number of imidazole rings is 1. The predicted molar refractivity (Wildman–Crippen MR) is 111 cm³/mol. The van der Waals surface area contributed by atoms with Crippen LogP contribution in [0.1, 0.15) is 47.1 Å². The second-order valence-corrected chi connectivity index (χ2v) is 7.55. The number of carbonyl (C=O) groups excluding carboxylic acids is 1. The van der Waals surface area contributed by atoms with E-state index in [1.54, 1.807) is 6.07 Å². The average molecular weight is 391 g/mol. The third-order valence-electron chi connectivity index (χ3n) is 5.47. The van der Waals surface area contributed by atoms with Gasteiger partial charge in [-0.15, -0.1) is 0 Å². The number of Topliss-reactive ketones (excluding diaryl/α,β-unsaturated/α-hetero) is 1. The lowest BCUT2D eigenvalue weighted by molar-refractivity contribution is 0.0843. The number of aryl methyl sites for hydroxylation is 2. The molecule has 0 bridgehead atoms. The molecule has 0 saturated carbocycles.